The predicted octanol–water partition coefficient (Wildman–Crippen LogP) is 2.62. The number of aromatic nitrogens is 1. The molecule has 0 amide bonds. The third-order valence-corrected chi connectivity index (χ3v) is 1.45. The van der Waals surface area contributed by atoms with E-state index in [0.29, 0.717) is 6.07 Å². The van der Waals surface area contributed by atoms with Crippen LogP contribution in [-0.2, 0) is 6.18 Å². The number of nitrogens with two attached hydrogens (primary N) is 1. The summed E-state index contributed by atoms with van der Waals surface area (Å²) in [6, 6.07) is 0.439. The summed E-state index contributed by atoms with van der Waals surface area (Å²) in [5.74, 6) is 0. The zero-order chi connectivity index (χ0) is 10.9. The molecule has 0 saturated carbocycles. The summed E-state index contributed by atoms with van der Waals surface area (Å²) in [4.78, 5) is 2.95. The van der Waals surface area contributed by atoms with Crippen molar-refractivity contribution in [2.75, 3.05) is 5.73 Å². The highest BCUT2D eigenvalue weighted by Gasteiger charge is 2.36. The molecule has 1 rings (SSSR count). The molecule has 2 nitrogen and oxygen atoms in total. The molecule has 0 aromatic carbocycles. The van der Waals surface area contributed by atoms with Crippen molar-refractivity contribution >= 4 is 5.69 Å². The van der Waals surface area contributed by atoms with Crippen LogP contribution in [0.3, 0.4) is 0 Å². The van der Waals surface area contributed by atoms with Gasteiger partial charge in [-0.3, -0.25) is 4.98 Å². The fourth-order valence-electron chi connectivity index (χ4n) is 0.892. The van der Waals surface area contributed by atoms with Gasteiger partial charge in [-0.05, 0) is 6.07 Å². The number of hydrogen-bond acceptors (Lipinski definition) is 2. The third kappa shape index (κ3) is 2.09. The minimum Gasteiger partial charge on any atom is -0.397 e. The number of nitrogens with zero attached hydrogens (tertiary/aromatic N) is 1. The zero-order valence-electron chi connectivity index (χ0n) is 6.65. The van der Waals surface area contributed by atoms with Crippen LogP contribution < -0.4 is 5.73 Å². The number of rotatable bonds is 1. The van der Waals surface area contributed by atoms with E-state index < -0.39 is 23.9 Å². The summed E-state index contributed by atoms with van der Waals surface area (Å²) in [6.07, 6.45) is -7.38. The van der Waals surface area contributed by atoms with Crippen molar-refractivity contribution in [2.45, 2.75) is 12.6 Å². The molecule has 1 aromatic heterocycles. The Morgan fingerprint density at radius 2 is 1.86 bits per heavy atom. The average Bonchev–Trinajstić information content (AvgIpc) is 2.01. The standard InChI is InChI=1S/C7H5F5N2/c8-6(9)5-4(7(10,11)12)1-3(13)2-14-5/h1-2,6H,13H2. The summed E-state index contributed by atoms with van der Waals surface area (Å²) in [6.45, 7) is 0. The minimum absolute atomic E-state index is 0.304. The van der Waals surface area contributed by atoms with Gasteiger partial charge in [-0.2, -0.15) is 13.2 Å². The van der Waals surface area contributed by atoms with Crippen LogP contribution in [0.4, 0.5) is 27.6 Å². The molecule has 0 aliphatic heterocycles. The molecule has 0 saturated heterocycles. The lowest BCUT2D eigenvalue weighted by Gasteiger charge is -2.11. The van der Waals surface area contributed by atoms with E-state index in [-0.39, 0.29) is 5.69 Å². The lowest BCUT2D eigenvalue weighted by Crippen LogP contribution is -2.12. The van der Waals surface area contributed by atoms with Gasteiger partial charge in [0, 0.05) is 0 Å². The summed E-state index contributed by atoms with van der Waals surface area (Å²) < 4.78 is 60.7. The smallest absolute Gasteiger partial charge is 0.397 e. The Bertz CT molecular complexity index is 333. The van der Waals surface area contributed by atoms with Crippen LogP contribution in [0.2, 0.25) is 0 Å². The van der Waals surface area contributed by atoms with Gasteiger partial charge < -0.3 is 5.73 Å². The van der Waals surface area contributed by atoms with Gasteiger partial charge in [0.25, 0.3) is 6.43 Å². The minimum atomic E-state index is -4.87. The summed E-state index contributed by atoms with van der Waals surface area (Å²) >= 11 is 0. The molecule has 0 atom stereocenters. The highest BCUT2D eigenvalue weighted by atomic mass is 19.4. The number of hydrogen-bond donors (Lipinski definition) is 1. The lowest BCUT2D eigenvalue weighted by molar-refractivity contribution is -0.139. The molecule has 0 radical (unpaired) electrons. The molecule has 2 N–H and O–H groups in total. The molecule has 0 aliphatic rings. The molecule has 0 aliphatic carbocycles. The Hall–Kier alpha value is -1.40. The molecule has 14 heavy (non-hydrogen) atoms. The van der Waals surface area contributed by atoms with E-state index in [4.69, 9.17) is 5.73 Å². The summed E-state index contributed by atoms with van der Waals surface area (Å²) in [5.41, 5.74) is 1.92. The van der Waals surface area contributed by atoms with Gasteiger partial charge in [0.1, 0.15) is 5.69 Å². The van der Waals surface area contributed by atoms with Crippen molar-refractivity contribution in [1.82, 2.24) is 4.98 Å². The van der Waals surface area contributed by atoms with E-state index in [1.807, 2.05) is 0 Å². The van der Waals surface area contributed by atoms with Crippen molar-refractivity contribution in [3.05, 3.63) is 23.5 Å². The zero-order valence-corrected chi connectivity index (χ0v) is 6.65. The van der Waals surface area contributed by atoms with Gasteiger partial charge in [0.2, 0.25) is 0 Å². The van der Waals surface area contributed by atoms with E-state index in [1.54, 1.807) is 0 Å². The van der Waals surface area contributed by atoms with Crippen molar-refractivity contribution < 1.29 is 22.0 Å². The Kier molecular flexibility index (Phi) is 2.59. The van der Waals surface area contributed by atoms with Gasteiger partial charge in [-0.25, -0.2) is 8.78 Å². The predicted molar refractivity (Wildman–Crippen MR) is 38.6 cm³/mol. The van der Waals surface area contributed by atoms with E-state index in [9.17, 15) is 22.0 Å². The Morgan fingerprint density at radius 1 is 1.29 bits per heavy atom. The topological polar surface area (TPSA) is 38.9 Å². The summed E-state index contributed by atoms with van der Waals surface area (Å²) in [5, 5.41) is 0. The van der Waals surface area contributed by atoms with Gasteiger partial charge >= 0.3 is 6.18 Å². The quantitative estimate of drug-likeness (QED) is 0.726. The van der Waals surface area contributed by atoms with Crippen LogP contribution in [0.15, 0.2) is 12.3 Å². The molecule has 7 heteroatoms. The molecular formula is C7H5F5N2. The monoisotopic (exact) mass is 212 g/mol. The number of anilines is 1. The first kappa shape index (κ1) is 10.7. The lowest BCUT2D eigenvalue weighted by atomic mass is 10.2. The van der Waals surface area contributed by atoms with Crippen molar-refractivity contribution in [1.29, 1.82) is 0 Å². The van der Waals surface area contributed by atoms with Crippen LogP contribution in [0, 0.1) is 0 Å². The maximum Gasteiger partial charge on any atom is 0.418 e. The maximum atomic E-state index is 12.2. The Balaban J connectivity index is 3.30. The molecule has 0 bridgehead atoms. The van der Waals surface area contributed by atoms with Crippen LogP contribution in [0.5, 0.6) is 0 Å². The molecule has 78 valence electrons. The Labute approximate surface area is 75.5 Å². The third-order valence-electron chi connectivity index (χ3n) is 1.45. The molecule has 1 aromatic rings. The number of halogens is 5. The van der Waals surface area contributed by atoms with E-state index >= 15 is 0 Å². The maximum absolute atomic E-state index is 12.2. The first-order valence-corrected chi connectivity index (χ1v) is 3.43. The van der Waals surface area contributed by atoms with Crippen molar-refractivity contribution in [3.8, 4) is 0 Å². The number of alkyl halides is 5. The fourth-order valence-corrected chi connectivity index (χ4v) is 0.892. The van der Waals surface area contributed by atoms with Gasteiger partial charge in [0.15, 0.2) is 0 Å². The average molecular weight is 212 g/mol. The largest absolute Gasteiger partial charge is 0.418 e. The van der Waals surface area contributed by atoms with Crippen LogP contribution in [0.25, 0.3) is 0 Å². The molecule has 0 fully saturated rings. The summed E-state index contributed by atoms with van der Waals surface area (Å²) in [7, 11) is 0. The SMILES string of the molecule is Nc1cnc(C(F)F)c(C(F)(F)F)c1. The molecular weight excluding hydrogens is 207 g/mol. The van der Waals surface area contributed by atoms with Crippen LogP contribution in [-0.4, -0.2) is 4.98 Å². The Morgan fingerprint density at radius 3 is 2.29 bits per heavy atom. The van der Waals surface area contributed by atoms with Crippen molar-refractivity contribution in [3.63, 3.8) is 0 Å². The normalized spacial score (nSPS) is 12.1. The fraction of sp³-hybridized carbons (Fsp3) is 0.286. The number of nitrogen functional groups attached to an aromatic ring is 1. The number of pyridine rings is 1. The second kappa shape index (κ2) is 3.39. The molecule has 0 spiro atoms. The second-order valence-corrected chi connectivity index (χ2v) is 2.50. The first-order chi connectivity index (χ1) is 6.32. The van der Waals surface area contributed by atoms with Gasteiger partial charge in [-0.15, -0.1) is 0 Å². The highest BCUT2D eigenvalue weighted by Crippen LogP contribution is 2.35. The van der Waals surface area contributed by atoms with Gasteiger partial charge in [-0.1, -0.05) is 0 Å². The van der Waals surface area contributed by atoms with E-state index in [2.05, 4.69) is 4.98 Å². The van der Waals surface area contributed by atoms with E-state index in [0.717, 1.165) is 6.20 Å². The highest BCUT2D eigenvalue weighted by molar-refractivity contribution is 5.41. The second-order valence-electron chi connectivity index (χ2n) is 2.50. The van der Waals surface area contributed by atoms with Crippen LogP contribution >= 0.6 is 0 Å². The molecule has 0 unspecified atom stereocenters. The molecule has 1 heterocycles. The van der Waals surface area contributed by atoms with Crippen molar-refractivity contribution in [2.24, 2.45) is 0 Å². The van der Waals surface area contributed by atoms with Gasteiger partial charge in [0.05, 0.1) is 17.4 Å². The first-order valence-electron chi connectivity index (χ1n) is 3.43. The van der Waals surface area contributed by atoms with Crippen LogP contribution in [0.1, 0.15) is 17.7 Å². The van der Waals surface area contributed by atoms with E-state index in [1.165, 1.54) is 0 Å².